The molecular weight excluding hydrogens is 280 g/mol. The molecule has 0 saturated carbocycles. The van der Waals surface area contributed by atoms with Crippen molar-refractivity contribution in [2.75, 3.05) is 25.1 Å². The first-order valence-electron chi connectivity index (χ1n) is 5.82. The molecule has 1 aromatic carbocycles. The van der Waals surface area contributed by atoms with Gasteiger partial charge < -0.3 is 15.4 Å². The number of hydrogen-bond acceptors (Lipinski definition) is 2. The molecule has 0 aliphatic heterocycles. The Morgan fingerprint density at radius 3 is 2.60 bits per heavy atom. The molecule has 0 aliphatic carbocycles. The minimum absolute atomic E-state index is 0.0262. The molecule has 0 heterocycles. The van der Waals surface area contributed by atoms with Gasteiger partial charge in [-0.3, -0.25) is 0 Å². The van der Waals surface area contributed by atoms with Crippen LogP contribution in [0, 0.1) is 5.82 Å². The first-order valence-corrected chi connectivity index (χ1v) is 5.82. The second kappa shape index (κ2) is 7.68. The van der Waals surface area contributed by atoms with Crippen LogP contribution in [0.15, 0.2) is 24.3 Å². The Morgan fingerprint density at radius 2 is 1.95 bits per heavy atom. The van der Waals surface area contributed by atoms with E-state index < -0.39 is 24.6 Å². The molecule has 1 rings (SSSR count). The molecule has 0 spiro atoms. The number of amides is 2. The third-order valence-corrected chi connectivity index (χ3v) is 2.14. The van der Waals surface area contributed by atoms with E-state index in [1.165, 1.54) is 18.2 Å². The maximum atomic E-state index is 13.2. The number of carbonyl (C=O) groups is 1. The molecule has 112 valence electrons. The minimum atomic E-state index is -4.35. The summed E-state index contributed by atoms with van der Waals surface area (Å²) < 4.78 is 52.7. The predicted molar refractivity (Wildman–Crippen MR) is 64.9 cm³/mol. The summed E-state index contributed by atoms with van der Waals surface area (Å²) in [6.07, 6.45) is -4.13. The summed E-state index contributed by atoms with van der Waals surface area (Å²) in [5.41, 5.74) is 0.0262. The number of hydrogen-bond donors (Lipinski definition) is 2. The van der Waals surface area contributed by atoms with E-state index in [1.54, 1.807) is 6.07 Å². The van der Waals surface area contributed by atoms with Gasteiger partial charge in [0, 0.05) is 13.2 Å². The van der Waals surface area contributed by atoms with Crippen LogP contribution in [-0.2, 0) is 4.74 Å². The summed E-state index contributed by atoms with van der Waals surface area (Å²) in [7, 11) is 0. The number of urea groups is 1. The van der Waals surface area contributed by atoms with E-state index in [1.807, 2.05) is 0 Å². The lowest BCUT2D eigenvalue weighted by Crippen LogP contribution is -2.30. The zero-order valence-electron chi connectivity index (χ0n) is 10.5. The normalized spacial score (nSPS) is 11.2. The van der Waals surface area contributed by atoms with E-state index in [-0.39, 0.29) is 25.3 Å². The molecular formula is C12H14F4N2O2. The van der Waals surface area contributed by atoms with Crippen molar-refractivity contribution in [1.82, 2.24) is 5.32 Å². The van der Waals surface area contributed by atoms with Crippen molar-refractivity contribution in [3.05, 3.63) is 30.1 Å². The lowest BCUT2D eigenvalue weighted by atomic mass is 10.3. The lowest BCUT2D eigenvalue weighted by Gasteiger charge is -2.09. The maximum Gasteiger partial charge on any atom is 0.411 e. The minimum Gasteiger partial charge on any atom is -0.372 e. The molecule has 0 bridgehead atoms. The Labute approximate surface area is 113 Å². The maximum absolute atomic E-state index is 13.2. The molecule has 2 N–H and O–H groups in total. The van der Waals surface area contributed by atoms with Gasteiger partial charge in [0.15, 0.2) is 0 Å². The van der Waals surface area contributed by atoms with Crippen LogP contribution < -0.4 is 10.6 Å². The lowest BCUT2D eigenvalue weighted by molar-refractivity contribution is -0.173. The summed E-state index contributed by atoms with van der Waals surface area (Å²) in [4.78, 5) is 11.3. The topological polar surface area (TPSA) is 50.4 Å². The number of anilines is 1. The third-order valence-electron chi connectivity index (χ3n) is 2.14. The Bertz CT molecular complexity index is 438. The van der Waals surface area contributed by atoms with Crippen molar-refractivity contribution in [3.63, 3.8) is 0 Å². The molecule has 0 aromatic heterocycles. The molecule has 8 heteroatoms. The highest BCUT2D eigenvalue weighted by Crippen LogP contribution is 2.14. The van der Waals surface area contributed by atoms with Crippen LogP contribution in [0.25, 0.3) is 0 Å². The number of benzene rings is 1. The summed E-state index contributed by atoms with van der Waals surface area (Å²) in [6, 6.07) is 4.99. The number of ether oxygens (including phenoxy) is 1. The van der Waals surface area contributed by atoms with E-state index in [0.717, 1.165) is 0 Å². The van der Waals surface area contributed by atoms with E-state index >= 15 is 0 Å². The third kappa shape index (κ3) is 6.93. The number of rotatable bonds is 6. The van der Waals surface area contributed by atoms with Crippen LogP contribution in [-0.4, -0.2) is 32.0 Å². The van der Waals surface area contributed by atoms with Gasteiger partial charge in [0.05, 0.1) is 5.69 Å². The van der Waals surface area contributed by atoms with Crippen LogP contribution >= 0.6 is 0 Å². The summed E-state index contributed by atoms with van der Waals surface area (Å²) in [5.74, 6) is -0.573. The standard InChI is InChI=1S/C12H14F4N2O2/c13-9-4-1-2-5-10(9)18-11(19)17-6-3-7-20-8-12(14,15)16/h1-2,4-5H,3,6-8H2,(H2,17,18,19). The molecule has 4 nitrogen and oxygen atoms in total. The smallest absolute Gasteiger partial charge is 0.372 e. The predicted octanol–water partition coefficient (Wildman–Crippen LogP) is 2.92. The zero-order valence-corrected chi connectivity index (χ0v) is 10.5. The van der Waals surface area contributed by atoms with Crippen molar-refractivity contribution in [2.24, 2.45) is 0 Å². The fraction of sp³-hybridized carbons (Fsp3) is 0.417. The molecule has 2 amide bonds. The molecule has 0 aliphatic rings. The monoisotopic (exact) mass is 294 g/mol. The van der Waals surface area contributed by atoms with Gasteiger partial charge in [-0.05, 0) is 18.6 Å². The SMILES string of the molecule is O=C(NCCCOCC(F)(F)F)Nc1ccccc1F. The van der Waals surface area contributed by atoms with Crippen molar-refractivity contribution >= 4 is 11.7 Å². The first-order chi connectivity index (χ1) is 9.38. The highest BCUT2D eigenvalue weighted by atomic mass is 19.4. The van der Waals surface area contributed by atoms with Gasteiger partial charge in [-0.2, -0.15) is 13.2 Å². The second-order valence-corrected chi connectivity index (χ2v) is 3.88. The van der Waals surface area contributed by atoms with E-state index in [2.05, 4.69) is 15.4 Å². The largest absolute Gasteiger partial charge is 0.411 e. The number of nitrogens with one attached hydrogen (secondary N) is 2. The van der Waals surface area contributed by atoms with Gasteiger partial charge in [-0.1, -0.05) is 12.1 Å². The highest BCUT2D eigenvalue weighted by molar-refractivity contribution is 5.89. The fourth-order valence-corrected chi connectivity index (χ4v) is 1.29. The molecule has 0 unspecified atom stereocenters. The quantitative estimate of drug-likeness (QED) is 0.626. The van der Waals surface area contributed by atoms with Gasteiger partial charge in [0.2, 0.25) is 0 Å². The van der Waals surface area contributed by atoms with Crippen molar-refractivity contribution < 1.29 is 27.1 Å². The summed E-state index contributed by atoms with van der Waals surface area (Å²) >= 11 is 0. The van der Waals surface area contributed by atoms with Gasteiger partial charge in [-0.15, -0.1) is 0 Å². The van der Waals surface area contributed by atoms with Crippen LogP contribution in [0.2, 0.25) is 0 Å². The molecule has 0 fully saturated rings. The summed E-state index contributed by atoms with van der Waals surface area (Å²) in [6.45, 7) is -1.31. The Morgan fingerprint density at radius 1 is 1.25 bits per heavy atom. The first kappa shape index (κ1) is 16.2. The summed E-state index contributed by atoms with van der Waals surface area (Å²) in [5, 5.41) is 4.66. The van der Waals surface area contributed by atoms with E-state index in [4.69, 9.17) is 0 Å². The second-order valence-electron chi connectivity index (χ2n) is 3.88. The fourth-order valence-electron chi connectivity index (χ4n) is 1.29. The van der Waals surface area contributed by atoms with E-state index in [0.29, 0.717) is 0 Å². The van der Waals surface area contributed by atoms with Crippen molar-refractivity contribution in [3.8, 4) is 0 Å². The average molecular weight is 294 g/mol. The average Bonchev–Trinajstić information content (AvgIpc) is 2.35. The Balaban J connectivity index is 2.14. The van der Waals surface area contributed by atoms with Gasteiger partial charge in [0.1, 0.15) is 12.4 Å². The molecule has 20 heavy (non-hydrogen) atoms. The van der Waals surface area contributed by atoms with Gasteiger partial charge >= 0.3 is 12.2 Å². The number of carbonyl (C=O) groups excluding carboxylic acids is 1. The molecule has 0 radical (unpaired) electrons. The van der Waals surface area contributed by atoms with E-state index in [9.17, 15) is 22.4 Å². The number of halogens is 4. The molecule has 1 aromatic rings. The van der Waals surface area contributed by atoms with Gasteiger partial charge in [0.25, 0.3) is 0 Å². The molecule has 0 atom stereocenters. The van der Waals surface area contributed by atoms with Crippen LogP contribution in [0.3, 0.4) is 0 Å². The van der Waals surface area contributed by atoms with Crippen molar-refractivity contribution in [2.45, 2.75) is 12.6 Å². The molecule has 0 saturated heterocycles. The zero-order chi connectivity index (χ0) is 15.0. The van der Waals surface area contributed by atoms with Crippen molar-refractivity contribution in [1.29, 1.82) is 0 Å². The highest BCUT2D eigenvalue weighted by Gasteiger charge is 2.27. The van der Waals surface area contributed by atoms with Crippen LogP contribution in [0.1, 0.15) is 6.42 Å². The van der Waals surface area contributed by atoms with Crippen LogP contribution in [0.4, 0.5) is 28.0 Å². The van der Waals surface area contributed by atoms with Crippen LogP contribution in [0.5, 0.6) is 0 Å². The Hall–Kier alpha value is -1.83. The number of alkyl halides is 3. The Kier molecular flexibility index (Phi) is 6.23. The van der Waals surface area contributed by atoms with Gasteiger partial charge in [-0.25, -0.2) is 9.18 Å². The number of para-hydroxylation sites is 1.